The molecule has 0 aliphatic carbocycles. The fourth-order valence-electron chi connectivity index (χ4n) is 3.77. The van der Waals surface area contributed by atoms with Crippen molar-refractivity contribution in [3.8, 4) is 5.75 Å². The van der Waals surface area contributed by atoms with Crippen LogP contribution in [0.4, 0.5) is 13.2 Å². The number of likely N-dealkylation sites (tertiary alicyclic amines) is 1. The largest absolute Gasteiger partial charge is 0.416 e. The summed E-state index contributed by atoms with van der Waals surface area (Å²) in [4.78, 5) is 2.17. The van der Waals surface area contributed by atoms with Crippen molar-refractivity contribution >= 4 is 10.3 Å². The third-order valence-corrected chi connectivity index (χ3v) is 5.58. The molecule has 1 heterocycles. The quantitative estimate of drug-likeness (QED) is 0.761. The lowest BCUT2D eigenvalue weighted by Gasteiger charge is -2.33. The Labute approximate surface area is 168 Å². The van der Waals surface area contributed by atoms with Gasteiger partial charge in [0.2, 0.25) is 0 Å². The maximum Gasteiger partial charge on any atom is 0.416 e. The van der Waals surface area contributed by atoms with E-state index in [0.29, 0.717) is 50.0 Å². The Balaban J connectivity index is 1.60. The lowest BCUT2D eigenvalue weighted by Crippen LogP contribution is -2.35. The van der Waals surface area contributed by atoms with Crippen molar-refractivity contribution in [1.82, 2.24) is 4.90 Å². The van der Waals surface area contributed by atoms with Crippen molar-refractivity contribution < 1.29 is 25.8 Å². The van der Waals surface area contributed by atoms with Crippen LogP contribution in [0.5, 0.6) is 5.75 Å². The molecule has 0 spiro atoms. The minimum absolute atomic E-state index is 0.123. The summed E-state index contributed by atoms with van der Waals surface area (Å²) in [6, 6.07) is 12.5. The molecule has 5 nitrogen and oxygen atoms in total. The molecule has 1 saturated heterocycles. The average molecular weight is 428 g/mol. The molecule has 0 radical (unpaired) electrons. The van der Waals surface area contributed by atoms with Crippen LogP contribution in [0.2, 0.25) is 0 Å². The third-order valence-electron chi connectivity index (χ3n) is 5.17. The molecule has 0 unspecified atom stereocenters. The van der Waals surface area contributed by atoms with E-state index in [1.54, 1.807) is 36.4 Å². The number of halogens is 3. The van der Waals surface area contributed by atoms with Crippen molar-refractivity contribution in [3.05, 3.63) is 65.2 Å². The Bertz CT molecular complexity index is 940. The number of rotatable bonds is 6. The lowest BCUT2D eigenvalue weighted by molar-refractivity contribution is -0.138. The Morgan fingerprint density at radius 3 is 2.31 bits per heavy atom. The van der Waals surface area contributed by atoms with E-state index >= 15 is 0 Å². The molecule has 2 N–H and O–H groups in total. The minimum atomic E-state index is -4.35. The predicted molar refractivity (Wildman–Crippen MR) is 104 cm³/mol. The topological polar surface area (TPSA) is 72.6 Å². The summed E-state index contributed by atoms with van der Waals surface area (Å²) in [5.74, 6) is 0.0751. The minimum Gasteiger partial charge on any atom is -0.371 e. The molecule has 0 atom stereocenters. The summed E-state index contributed by atoms with van der Waals surface area (Å²) in [6.07, 6.45) is -2.51. The number of para-hydroxylation sites is 1. The number of hydrogen-bond acceptors (Lipinski definition) is 4. The van der Waals surface area contributed by atoms with E-state index in [-0.39, 0.29) is 11.7 Å². The van der Waals surface area contributed by atoms with Gasteiger partial charge in [0.1, 0.15) is 5.75 Å². The molecule has 1 aliphatic heterocycles. The summed E-state index contributed by atoms with van der Waals surface area (Å²) >= 11 is 0. The van der Waals surface area contributed by atoms with Gasteiger partial charge in [-0.3, -0.25) is 0 Å². The van der Waals surface area contributed by atoms with Gasteiger partial charge in [0.05, 0.1) is 5.56 Å². The van der Waals surface area contributed by atoms with Gasteiger partial charge in [0.15, 0.2) is 0 Å². The van der Waals surface area contributed by atoms with Crippen LogP contribution in [-0.4, -0.2) is 33.0 Å². The molecule has 0 saturated carbocycles. The van der Waals surface area contributed by atoms with Crippen LogP contribution in [0.3, 0.4) is 0 Å². The van der Waals surface area contributed by atoms with E-state index in [9.17, 15) is 21.6 Å². The second-order valence-corrected chi connectivity index (χ2v) is 8.29. The van der Waals surface area contributed by atoms with Crippen LogP contribution in [0.25, 0.3) is 0 Å². The molecular formula is C20H23F3N2O3S. The number of nitrogens with zero attached hydrogens (tertiary/aromatic N) is 1. The van der Waals surface area contributed by atoms with Crippen molar-refractivity contribution in [2.45, 2.75) is 31.4 Å². The molecule has 2 aromatic rings. The first-order valence-corrected chi connectivity index (χ1v) is 10.8. The van der Waals surface area contributed by atoms with Gasteiger partial charge in [-0.15, -0.1) is 0 Å². The van der Waals surface area contributed by atoms with Crippen LogP contribution in [-0.2, 0) is 22.9 Å². The van der Waals surface area contributed by atoms with E-state index in [1.165, 1.54) is 6.07 Å². The van der Waals surface area contributed by atoms with Crippen molar-refractivity contribution in [3.63, 3.8) is 0 Å². The third kappa shape index (κ3) is 5.94. The fourth-order valence-corrected chi connectivity index (χ4v) is 4.19. The lowest BCUT2D eigenvalue weighted by atomic mass is 9.86. The van der Waals surface area contributed by atoms with Gasteiger partial charge in [-0.1, -0.05) is 36.4 Å². The van der Waals surface area contributed by atoms with Crippen molar-refractivity contribution in [1.29, 1.82) is 0 Å². The smallest absolute Gasteiger partial charge is 0.371 e. The summed E-state index contributed by atoms with van der Waals surface area (Å²) in [5, 5.41) is 4.95. The maximum atomic E-state index is 13.3. The SMILES string of the molecule is NS(=O)(=O)Oc1ccccc1CCN1CCC(c2ccccc2C(F)(F)F)CC1. The highest BCUT2D eigenvalue weighted by Gasteiger charge is 2.35. The highest BCUT2D eigenvalue weighted by atomic mass is 32.2. The molecule has 1 aliphatic rings. The number of alkyl halides is 3. The zero-order chi connectivity index (χ0) is 21.1. The molecule has 1 fully saturated rings. The Kier molecular flexibility index (Phi) is 6.50. The van der Waals surface area contributed by atoms with E-state index in [1.807, 2.05) is 0 Å². The van der Waals surface area contributed by atoms with E-state index in [2.05, 4.69) is 4.90 Å². The van der Waals surface area contributed by atoms with Crippen LogP contribution in [0.1, 0.15) is 35.4 Å². The Morgan fingerprint density at radius 2 is 1.66 bits per heavy atom. The van der Waals surface area contributed by atoms with Crippen LogP contribution < -0.4 is 9.32 Å². The monoisotopic (exact) mass is 428 g/mol. The van der Waals surface area contributed by atoms with Crippen LogP contribution in [0, 0.1) is 0 Å². The maximum absolute atomic E-state index is 13.3. The molecule has 158 valence electrons. The summed E-state index contributed by atoms with van der Waals surface area (Å²) in [6.45, 7) is 2.00. The first-order valence-electron chi connectivity index (χ1n) is 9.32. The van der Waals surface area contributed by atoms with Gasteiger partial charge < -0.3 is 9.08 Å². The molecule has 2 aromatic carbocycles. The number of piperidine rings is 1. The highest BCUT2D eigenvalue weighted by molar-refractivity contribution is 7.84. The normalized spacial score (nSPS) is 16.7. The molecule has 0 amide bonds. The van der Waals surface area contributed by atoms with Crippen LogP contribution in [0.15, 0.2) is 48.5 Å². The molecule has 0 bridgehead atoms. The zero-order valence-electron chi connectivity index (χ0n) is 15.7. The second-order valence-electron chi connectivity index (χ2n) is 7.13. The fraction of sp³-hybridized carbons (Fsp3) is 0.400. The van der Waals surface area contributed by atoms with Crippen molar-refractivity contribution in [2.75, 3.05) is 19.6 Å². The average Bonchev–Trinajstić information content (AvgIpc) is 2.66. The predicted octanol–water partition coefficient (Wildman–Crippen LogP) is 3.71. The molecule has 29 heavy (non-hydrogen) atoms. The van der Waals surface area contributed by atoms with Gasteiger partial charge in [0, 0.05) is 6.54 Å². The highest BCUT2D eigenvalue weighted by Crippen LogP contribution is 2.38. The number of hydrogen-bond donors (Lipinski definition) is 1. The summed E-state index contributed by atoms with van der Waals surface area (Å²) < 4.78 is 67.0. The number of nitrogens with two attached hydrogens (primary N) is 1. The van der Waals surface area contributed by atoms with Crippen molar-refractivity contribution in [2.24, 2.45) is 5.14 Å². The molecule has 3 rings (SSSR count). The van der Waals surface area contributed by atoms with Gasteiger partial charge >= 0.3 is 16.5 Å². The Hall–Kier alpha value is -2.10. The van der Waals surface area contributed by atoms with Gasteiger partial charge in [0.25, 0.3) is 0 Å². The number of benzene rings is 2. The summed E-state index contributed by atoms with van der Waals surface area (Å²) in [5.41, 5.74) is 0.533. The molecule has 0 aromatic heterocycles. The van der Waals surface area contributed by atoms with E-state index < -0.39 is 22.0 Å². The van der Waals surface area contributed by atoms with Gasteiger partial charge in [-0.2, -0.15) is 26.7 Å². The van der Waals surface area contributed by atoms with Gasteiger partial charge in [-0.25, -0.2) is 0 Å². The van der Waals surface area contributed by atoms with E-state index in [4.69, 9.17) is 9.32 Å². The van der Waals surface area contributed by atoms with Gasteiger partial charge in [-0.05, 0) is 61.5 Å². The zero-order valence-corrected chi connectivity index (χ0v) is 16.5. The van der Waals surface area contributed by atoms with E-state index in [0.717, 1.165) is 6.07 Å². The first kappa shape index (κ1) is 21.6. The Morgan fingerprint density at radius 1 is 1.03 bits per heavy atom. The molecular weight excluding hydrogens is 405 g/mol. The summed E-state index contributed by atoms with van der Waals surface area (Å²) in [7, 11) is -4.10. The second kappa shape index (κ2) is 8.73. The molecule has 9 heteroatoms. The standard InChI is InChI=1S/C20H23F3N2O3S/c21-20(22,23)18-7-3-2-6-17(18)15-9-12-25(13-10-15)14-11-16-5-1-4-8-19(16)28-29(24,26)27/h1-8,15H,9-14H2,(H2,24,26,27). The first-order chi connectivity index (χ1) is 13.6. The van der Waals surface area contributed by atoms with Crippen LogP contribution >= 0.6 is 0 Å².